The van der Waals surface area contributed by atoms with Gasteiger partial charge in [-0.05, 0) is 31.1 Å². The van der Waals surface area contributed by atoms with Gasteiger partial charge < -0.3 is 14.2 Å². The van der Waals surface area contributed by atoms with Crippen LogP contribution in [0.25, 0.3) is 0 Å². The minimum absolute atomic E-state index is 0.0625. The highest BCUT2D eigenvalue weighted by Gasteiger charge is 2.19. The molecule has 0 spiro atoms. The van der Waals surface area contributed by atoms with E-state index in [1.165, 1.54) is 231 Å². The fourth-order valence-electron chi connectivity index (χ4n) is 9.37. The summed E-state index contributed by atoms with van der Waals surface area (Å²) in [5.41, 5.74) is 0. The van der Waals surface area contributed by atoms with Gasteiger partial charge in [-0.3, -0.25) is 14.4 Å². The first kappa shape index (κ1) is 65.4. The average Bonchev–Trinajstić information content (AvgIpc) is 3.31. The molecular formula is C61H118O6. The van der Waals surface area contributed by atoms with Gasteiger partial charge in [-0.15, -0.1) is 0 Å². The molecule has 0 bridgehead atoms. The van der Waals surface area contributed by atoms with Gasteiger partial charge in [0.15, 0.2) is 6.10 Å². The van der Waals surface area contributed by atoms with Gasteiger partial charge >= 0.3 is 17.9 Å². The van der Waals surface area contributed by atoms with Crippen LogP contribution in [0, 0.1) is 11.8 Å². The molecule has 0 fully saturated rings. The summed E-state index contributed by atoms with van der Waals surface area (Å²) in [6, 6.07) is 0. The van der Waals surface area contributed by atoms with Crippen LogP contribution in [0.1, 0.15) is 343 Å². The van der Waals surface area contributed by atoms with Crippen LogP contribution in [0.5, 0.6) is 0 Å². The lowest BCUT2D eigenvalue weighted by atomic mass is 9.99. The molecule has 6 nitrogen and oxygen atoms in total. The number of carbonyl (C=O) groups is 3. The van der Waals surface area contributed by atoms with E-state index in [9.17, 15) is 14.4 Å². The van der Waals surface area contributed by atoms with Crippen LogP contribution in [-0.2, 0) is 28.6 Å². The summed E-state index contributed by atoms with van der Waals surface area (Å²) >= 11 is 0. The Balaban J connectivity index is 4.25. The van der Waals surface area contributed by atoms with Gasteiger partial charge in [0, 0.05) is 19.3 Å². The van der Waals surface area contributed by atoms with Crippen LogP contribution in [-0.4, -0.2) is 37.2 Å². The zero-order valence-corrected chi connectivity index (χ0v) is 46.0. The first-order valence-corrected chi connectivity index (χ1v) is 30.3. The lowest BCUT2D eigenvalue weighted by Gasteiger charge is -2.18. The van der Waals surface area contributed by atoms with E-state index >= 15 is 0 Å². The Hall–Kier alpha value is -1.59. The number of unbranched alkanes of at least 4 members (excludes halogenated alkanes) is 39. The summed E-state index contributed by atoms with van der Waals surface area (Å²) in [7, 11) is 0. The van der Waals surface area contributed by atoms with Crippen molar-refractivity contribution in [1.29, 1.82) is 0 Å². The molecule has 0 saturated carbocycles. The van der Waals surface area contributed by atoms with Crippen molar-refractivity contribution >= 4 is 17.9 Å². The van der Waals surface area contributed by atoms with E-state index in [4.69, 9.17) is 14.2 Å². The minimum atomic E-state index is -0.763. The second-order valence-electron chi connectivity index (χ2n) is 21.7. The summed E-state index contributed by atoms with van der Waals surface area (Å²) in [4.78, 5) is 38.2. The normalized spacial score (nSPS) is 12.4. The van der Waals surface area contributed by atoms with Crippen molar-refractivity contribution in [3.63, 3.8) is 0 Å². The largest absolute Gasteiger partial charge is 0.462 e. The standard InChI is InChI=1S/C61H118O6/c1-6-8-9-10-11-12-13-14-22-25-31-36-41-46-51-59(62)65-54-58(67-61(64)53-48-43-38-33-28-27-30-35-40-45-50-57(5)7-2)55-66-60(63)52-47-42-37-32-26-23-20-18-16-15-17-19-21-24-29-34-39-44-49-56(3)4/h56-58H,6-55H2,1-5H3/t57?,58-/m1/s1. The van der Waals surface area contributed by atoms with E-state index in [1.807, 2.05) is 0 Å². The van der Waals surface area contributed by atoms with Crippen molar-refractivity contribution in [3.8, 4) is 0 Å². The molecule has 2 atom stereocenters. The molecule has 0 aromatic rings. The van der Waals surface area contributed by atoms with E-state index in [-0.39, 0.29) is 31.1 Å². The molecule has 0 aromatic heterocycles. The molecule has 0 aliphatic rings. The molecule has 0 N–H and O–H groups in total. The molecule has 6 heteroatoms. The minimum Gasteiger partial charge on any atom is -0.462 e. The number of rotatable bonds is 55. The number of hydrogen-bond acceptors (Lipinski definition) is 6. The number of ether oxygens (including phenoxy) is 3. The van der Waals surface area contributed by atoms with Crippen molar-refractivity contribution in [1.82, 2.24) is 0 Å². The predicted octanol–water partition coefficient (Wildman–Crippen LogP) is 20.0. The SMILES string of the molecule is CCCCCCCCCCCCCCCCC(=O)OC[C@H](COC(=O)CCCCCCCCCCCCCCCCCCCCC(C)C)OC(=O)CCCCCCCCCCCCC(C)CC. The molecule has 0 aliphatic carbocycles. The van der Waals surface area contributed by atoms with Gasteiger partial charge in [-0.2, -0.15) is 0 Å². The van der Waals surface area contributed by atoms with E-state index in [0.717, 1.165) is 69.6 Å². The number of hydrogen-bond donors (Lipinski definition) is 0. The third-order valence-electron chi connectivity index (χ3n) is 14.3. The highest BCUT2D eigenvalue weighted by molar-refractivity contribution is 5.71. The summed E-state index contributed by atoms with van der Waals surface area (Å²) in [6.07, 6.45) is 58.1. The van der Waals surface area contributed by atoms with Crippen molar-refractivity contribution in [2.75, 3.05) is 13.2 Å². The van der Waals surface area contributed by atoms with Gasteiger partial charge in [-0.1, -0.05) is 304 Å². The van der Waals surface area contributed by atoms with Gasteiger partial charge in [0.05, 0.1) is 0 Å². The van der Waals surface area contributed by atoms with Crippen LogP contribution in [0.15, 0.2) is 0 Å². The van der Waals surface area contributed by atoms with Crippen molar-refractivity contribution in [2.45, 2.75) is 349 Å². The maximum atomic E-state index is 12.9. The summed E-state index contributed by atoms with van der Waals surface area (Å²) in [5.74, 6) is 0.890. The molecule has 67 heavy (non-hydrogen) atoms. The van der Waals surface area contributed by atoms with Crippen LogP contribution < -0.4 is 0 Å². The maximum Gasteiger partial charge on any atom is 0.306 e. The van der Waals surface area contributed by atoms with Crippen LogP contribution in [0.4, 0.5) is 0 Å². The lowest BCUT2D eigenvalue weighted by Crippen LogP contribution is -2.30. The Morgan fingerprint density at radius 1 is 0.313 bits per heavy atom. The molecule has 0 rings (SSSR count). The van der Waals surface area contributed by atoms with Gasteiger partial charge in [0.1, 0.15) is 13.2 Å². The Bertz CT molecular complexity index is 1030. The van der Waals surface area contributed by atoms with Crippen LogP contribution in [0.2, 0.25) is 0 Å². The second-order valence-corrected chi connectivity index (χ2v) is 21.7. The first-order chi connectivity index (χ1) is 32.8. The Morgan fingerprint density at radius 2 is 0.567 bits per heavy atom. The summed E-state index contributed by atoms with van der Waals surface area (Å²) in [5, 5.41) is 0. The van der Waals surface area contributed by atoms with Crippen molar-refractivity contribution in [3.05, 3.63) is 0 Å². The molecule has 0 aliphatic heterocycles. The van der Waals surface area contributed by atoms with Crippen molar-refractivity contribution < 1.29 is 28.6 Å². The molecule has 0 saturated heterocycles. The summed E-state index contributed by atoms with van der Waals surface area (Å²) < 4.78 is 16.9. The Labute approximate surface area is 418 Å². The zero-order valence-electron chi connectivity index (χ0n) is 46.0. The monoisotopic (exact) mass is 947 g/mol. The second kappa shape index (κ2) is 53.8. The van der Waals surface area contributed by atoms with E-state index in [2.05, 4.69) is 34.6 Å². The molecule has 1 unspecified atom stereocenters. The first-order valence-electron chi connectivity index (χ1n) is 30.3. The highest BCUT2D eigenvalue weighted by atomic mass is 16.6. The summed E-state index contributed by atoms with van der Waals surface area (Å²) in [6.45, 7) is 11.5. The molecule has 0 aromatic carbocycles. The third-order valence-corrected chi connectivity index (χ3v) is 14.3. The van der Waals surface area contributed by atoms with E-state index in [1.54, 1.807) is 0 Å². The topological polar surface area (TPSA) is 78.9 Å². The number of carbonyl (C=O) groups excluding carboxylic acids is 3. The molecule has 398 valence electrons. The third kappa shape index (κ3) is 53.6. The van der Waals surface area contributed by atoms with Crippen LogP contribution >= 0.6 is 0 Å². The Kier molecular flexibility index (Phi) is 52.5. The fraction of sp³-hybridized carbons (Fsp3) is 0.951. The molecule has 0 amide bonds. The fourth-order valence-corrected chi connectivity index (χ4v) is 9.37. The average molecular weight is 948 g/mol. The van der Waals surface area contributed by atoms with E-state index in [0.29, 0.717) is 19.3 Å². The highest BCUT2D eigenvalue weighted by Crippen LogP contribution is 2.19. The molecule has 0 heterocycles. The van der Waals surface area contributed by atoms with Crippen molar-refractivity contribution in [2.24, 2.45) is 11.8 Å². The van der Waals surface area contributed by atoms with Gasteiger partial charge in [0.2, 0.25) is 0 Å². The maximum absolute atomic E-state index is 12.9. The lowest BCUT2D eigenvalue weighted by molar-refractivity contribution is -0.167. The van der Waals surface area contributed by atoms with Gasteiger partial charge in [0.25, 0.3) is 0 Å². The quantitative estimate of drug-likeness (QED) is 0.0343. The smallest absolute Gasteiger partial charge is 0.306 e. The Morgan fingerprint density at radius 3 is 0.851 bits per heavy atom. The van der Waals surface area contributed by atoms with E-state index < -0.39 is 6.10 Å². The molecular weight excluding hydrogens is 829 g/mol. The predicted molar refractivity (Wildman–Crippen MR) is 289 cm³/mol. The zero-order chi connectivity index (χ0) is 48.9. The van der Waals surface area contributed by atoms with Gasteiger partial charge in [-0.25, -0.2) is 0 Å². The molecule has 0 radical (unpaired) electrons. The number of esters is 3. The van der Waals surface area contributed by atoms with Crippen LogP contribution in [0.3, 0.4) is 0 Å².